The number of halogens is 1. The van der Waals surface area contributed by atoms with Crippen LogP contribution in [-0.2, 0) is 4.79 Å². The molecule has 0 heterocycles. The molecule has 0 rings (SSSR count). The quantitative estimate of drug-likeness (QED) is 0.421. The molecule has 0 radical (unpaired) electrons. The van der Waals surface area contributed by atoms with Crippen LogP contribution in [0.15, 0.2) is 12.2 Å². The Balaban J connectivity index is 3.50. The SMILES string of the molecule is O=C(O)/C=C/C(O)Cl. The lowest BCUT2D eigenvalue weighted by molar-refractivity contribution is -0.131. The molecule has 0 saturated heterocycles. The third-order valence-electron chi connectivity index (χ3n) is 0.398. The van der Waals surface area contributed by atoms with Crippen molar-refractivity contribution in [2.45, 2.75) is 5.56 Å². The Kier molecular flexibility index (Phi) is 3.23. The van der Waals surface area contributed by atoms with E-state index in [9.17, 15) is 4.79 Å². The standard InChI is InChI=1S/C4H5ClO3/c5-3(6)1-2-4(7)8/h1-3,6H,(H,7,8)/b2-1+. The summed E-state index contributed by atoms with van der Waals surface area (Å²) in [5, 5.41) is 16.1. The zero-order chi connectivity index (χ0) is 6.57. The van der Waals surface area contributed by atoms with Crippen molar-refractivity contribution in [1.82, 2.24) is 0 Å². The monoisotopic (exact) mass is 136 g/mol. The summed E-state index contributed by atoms with van der Waals surface area (Å²) in [5.74, 6) is -1.12. The van der Waals surface area contributed by atoms with Crippen molar-refractivity contribution < 1.29 is 15.0 Å². The molecule has 1 unspecified atom stereocenters. The molecule has 0 saturated carbocycles. The van der Waals surface area contributed by atoms with E-state index in [4.69, 9.17) is 21.8 Å². The second kappa shape index (κ2) is 3.46. The highest BCUT2D eigenvalue weighted by Gasteiger charge is 1.89. The molecule has 0 amide bonds. The number of aliphatic hydroxyl groups excluding tert-OH is 1. The van der Waals surface area contributed by atoms with E-state index in [0.29, 0.717) is 0 Å². The van der Waals surface area contributed by atoms with E-state index in [0.717, 1.165) is 12.2 Å². The van der Waals surface area contributed by atoms with Gasteiger partial charge in [-0.15, -0.1) is 0 Å². The molecule has 0 aromatic carbocycles. The molecule has 0 aliphatic rings. The van der Waals surface area contributed by atoms with Crippen LogP contribution in [0.25, 0.3) is 0 Å². The molecule has 46 valence electrons. The van der Waals surface area contributed by atoms with Crippen molar-refractivity contribution in [3.05, 3.63) is 12.2 Å². The van der Waals surface area contributed by atoms with E-state index >= 15 is 0 Å². The molecule has 0 aromatic heterocycles. The number of carbonyl (C=O) groups is 1. The van der Waals surface area contributed by atoms with Crippen molar-refractivity contribution >= 4 is 17.6 Å². The minimum Gasteiger partial charge on any atom is -0.478 e. The lowest BCUT2D eigenvalue weighted by Crippen LogP contribution is -1.92. The Hall–Kier alpha value is -0.540. The van der Waals surface area contributed by atoms with Gasteiger partial charge in [0.25, 0.3) is 0 Å². The van der Waals surface area contributed by atoms with Gasteiger partial charge in [-0.05, 0) is 6.08 Å². The van der Waals surface area contributed by atoms with Crippen molar-refractivity contribution in [1.29, 1.82) is 0 Å². The second-order valence-corrected chi connectivity index (χ2v) is 1.52. The van der Waals surface area contributed by atoms with E-state index in [1.807, 2.05) is 0 Å². The van der Waals surface area contributed by atoms with E-state index in [-0.39, 0.29) is 0 Å². The van der Waals surface area contributed by atoms with Gasteiger partial charge in [0.15, 0.2) is 0 Å². The third kappa shape index (κ3) is 5.46. The summed E-state index contributed by atoms with van der Waals surface area (Å²) in [6, 6.07) is 0. The molecule has 0 fully saturated rings. The van der Waals surface area contributed by atoms with Crippen LogP contribution < -0.4 is 0 Å². The fraction of sp³-hybridized carbons (Fsp3) is 0.250. The molecule has 2 N–H and O–H groups in total. The fourth-order valence-corrected chi connectivity index (χ4v) is 0.234. The van der Waals surface area contributed by atoms with Gasteiger partial charge in [0.05, 0.1) is 0 Å². The Morgan fingerprint density at radius 3 is 2.38 bits per heavy atom. The molecular weight excluding hydrogens is 131 g/mol. The van der Waals surface area contributed by atoms with Crippen molar-refractivity contribution in [2.24, 2.45) is 0 Å². The van der Waals surface area contributed by atoms with Gasteiger partial charge in [0.1, 0.15) is 5.56 Å². The van der Waals surface area contributed by atoms with Crippen LogP contribution in [0.3, 0.4) is 0 Å². The lowest BCUT2D eigenvalue weighted by Gasteiger charge is -1.85. The number of rotatable bonds is 2. The van der Waals surface area contributed by atoms with Gasteiger partial charge in [-0.25, -0.2) is 4.79 Å². The van der Waals surface area contributed by atoms with Crippen LogP contribution in [0.5, 0.6) is 0 Å². The van der Waals surface area contributed by atoms with E-state index < -0.39 is 11.5 Å². The van der Waals surface area contributed by atoms with Gasteiger partial charge in [-0.3, -0.25) is 0 Å². The summed E-state index contributed by atoms with van der Waals surface area (Å²) in [7, 11) is 0. The predicted molar refractivity (Wildman–Crippen MR) is 28.6 cm³/mol. The molecule has 0 bridgehead atoms. The first-order valence-corrected chi connectivity index (χ1v) is 2.30. The summed E-state index contributed by atoms with van der Waals surface area (Å²) >= 11 is 4.93. The van der Waals surface area contributed by atoms with Crippen LogP contribution in [0.2, 0.25) is 0 Å². The zero-order valence-corrected chi connectivity index (χ0v) is 4.67. The number of aliphatic carboxylic acids is 1. The number of carboxylic acid groups (broad SMARTS) is 1. The average Bonchev–Trinajstić information content (AvgIpc) is 1.61. The lowest BCUT2D eigenvalue weighted by atomic mass is 10.5. The van der Waals surface area contributed by atoms with E-state index in [1.165, 1.54) is 0 Å². The molecule has 8 heavy (non-hydrogen) atoms. The fourth-order valence-electron chi connectivity index (χ4n) is 0.162. The zero-order valence-electron chi connectivity index (χ0n) is 3.91. The third-order valence-corrected chi connectivity index (χ3v) is 0.543. The molecule has 4 heteroatoms. The van der Waals surface area contributed by atoms with Crippen LogP contribution in [0.1, 0.15) is 0 Å². The highest BCUT2D eigenvalue weighted by atomic mass is 35.5. The molecule has 0 spiro atoms. The topological polar surface area (TPSA) is 57.5 Å². The summed E-state index contributed by atoms with van der Waals surface area (Å²) in [6.07, 6.45) is 1.74. The van der Waals surface area contributed by atoms with Gasteiger partial charge in [-0.2, -0.15) is 0 Å². The molecule has 1 atom stereocenters. The van der Waals surface area contributed by atoms with Crippen molar-refractivity contribution in [3.8, 4) is 0 Å². The number of hydrogen-bond donors (Lipinski definition) is 2. The Labute approximate surface area is 51.2 Å². The maximum atomic E-state index is 9.65. The largest absolute Gasteiger partial charge is 0.478 e. The minimum absolute atomic E-state index is 0.775. The molecule has 0 aromatic rings. The Morgan fingerprint density at radius 1 is 1.75 bits per heavy atom. The molecule has 0 aliphatic heterocycles. The Morgan fingerprint density at radius 2 is 2.25 bits per heavy atom. The minimum atomic E-state index is -1.20. The maximum absolute atomic E-state index is 9.65. The van der Waals surface area contributed by atoms with Gasteiger partial charge in [-0.1, -0.05) is 11.6 Å². The summed E-state index contributed by atoms with van der Waals surface area (Å²) in [4.78, 5) is 9.65. The van der Waals surface area contributed by atoms with Crippen LogP contribution >= 0.6 is 11.6 Å². The predicted octanol–water partition coefficient (Wildman–Crippen LogP) is 0.184. The van der Waals surface area contributed by atoms with E-state index in [1.54, 1.807) is 0 Å². The normalized spacial score (nSPS) is 14.2. The molecular formula is C4H5ClO3. The Bertz CT molecular complexity index is 108. The first kappa shape index (κ1) is 7.46. The number of carboxylic acids is 1. The highest BCUT2D eigenvalue weighted by Crippen LogP contribution is 1.89. The smallest absolute Gasteiger partial charge is 0.328 e. The average molecular weight is 137 g/mol. The van der Waals surface area contributed by atoms with Crippen LogP contribution in [0, 0.1) is 0 Å². The highest BCUT2D eigenvalue weighted by molar-refractivity contribution is 6.20. The maximum Gasteiger partial charge on any atom is 0.328 e. The first-order valence-electron chi connectivity index (χ1n) is 1.86. The summed E-state index contributed by atoms with van der Waals surface area (Å²) in [6.45, 7) is 0. The van der Waals surface area contributed by atoms with Gasteiger partial charge < -0.3 is 10.2 Å². The molecule has 3 nitrogen and oxygen atoms in total. The second-order valence-electron chi connectivity index (χ2n) is 1.07. The van der Waals surface area contributed by atoms with Crippen LogP contribution in [0.4, 0.5) is 0 Å². The van der Waals surface area contributed by atoms with E-state index in [2.05, 4.69) is 0 Å². The van der Waals surface area contributed by atoms with Gasteiger partial charge >= 0.3 is 5.97 Å². The summed E-state index contributed by atoms with van der Waals surface area (Å²) in [5.41, 5.74) is -1.20. The van der Waals surface area contributed by atoms with Crippen molar-refractivity contribution in [3.63, 3.8) is 0 Å². The van der Waals surface area contributed by atoms with Gasteiger partial charge in [0.2, 0.25) is 0 Å². The number of aliphatic hydroxyl groups is 1. The summed E-state index contributed by atoms with van der Waals surface area (Å²) < 4.78 is 0. The molecule has 0 aliphatic carbocycles. The van der Waals surface area contributed by atoms with Gasteiger partial charge in [0, 0.05) is 6.08 Å². The number of alkyl halides is 1. The first-order chi connectivity index (χ1) is 3.63. The van der Waals surface area contributed by atoms with Crippen molar-refractivity contribution in [2.75, 3.05) is 0 Å². The van der Waals surface area contributed by atoms with Crippen LogP contribution in [-0.4, -0.2) is 21.7 Å². The number of hydrogen-bond acceptors (Lipinski definition) is 2.